The molecule has 1 heterocycles. The molecule has 2 nitrogen and oxygen atoms in total. The van der Waals surface area contributed by atoms with Crippen LogP contribution in [0.15, 0.2) is 4.99 Å². The molecular formula is C5H6F2N2. The summed E-state index contributed by atoms with van der Waals surface area (Å²) in [5.74, 6) is -3.38. The molecule has 2 N–H and O–H groups in total. The van der Waals surface area contributed by atoms with Gasteiger partial charge in [0.25, 0.3) is 5.92 Å². The number of nitrogens with two attached hydrogens (primary N) is 1. The molecule has 0 aromatic rings. The minimum atomic E-state index is -2.67. The Morgan fingerprint density at radius 1 is 1.67 bits per heavy atom. The van der Waals surface area contributed by atoms with Crippen molar-refractivity contribution < 1.29 is 8.78 Å². The van der Waals surface area contributed by atoms with Crippen LogP contribution < -0.4 is 5.73 Å². The van der Waals surface area contributed by atoms with E-state index in [1.54, 1.807) is 0 Å². The lowest BCUT2D eigenvalue weighted by Crippen LogP contribution is -2.31. The fourth-order valence-electron chi connectivity index (χ4n) is 1.27. The maximum absolute atomic E-state index is 12.4. The predicted octanol–water partition coefficient (Wildman–Crippen LogP) is 0.0334. The fourth-order valence-corrected chi connectivity index (χ4v) is 1.27. The molecule has 2 aliphatic rings. The van der Waals surface area contributed by atoms with Crippen LogP contribution in [0.25, 0.3) is 0 Å². The van der Waals surface area contributed by atoms with Crippen LogP contribution in [0.3, 0.4) is 0 Å². The summed E-state index contributed by atoms with van der Waals surface area (Å²) in [5, 5.41) is 0. The summed E-state index contributed by atoms with van der Waals surface area (Å²) >= 11 is 0. The molecule has 1 aliphatic carbocycles. The Balaban J connectivity index is 2.36. The normalized spacial score (nSPS) is 51.2. The highest BCUT2D eigenvalue weighted by Gasteiger charge is 2.80. The molecule has 2 atom stereocenters. The topological polar surface area (TPSA) is 38.4 Å². The molecule has 2 unspecified atom stereocenters. The maximum atomic E-state index is 12.4. The number of aliphatic imine (C=N–C) groups is 1. The lowest BCUT2D eigenvalue weighted by molar-refractivity contribution is 0.0870. The second-order valence-electron chi connectivity index (χ2n) is 2.60. The quantitative estimate of drug-likeness (QED) is 0.496. The summed E-state index contributed by atoms with van der Waals surface area (Å²) in [7, 11) is 0. The molecule has 4 heteroatoms. The average Bonchev–Trinajstić information content (AvgIpc) is 2.21. The number of hydrogen-bond donors (Lipinski definition) is 1. The Kier molecular flexibility index (Phi) is 0.606. The molecule has 0 saturated heterocycles. The van der Waals surface area contributed by atoms with Crippen LogP contribution in [0.4, 0.5) is 8.78 Å². The van der Waals surface area contributed by atoms with Gasteiger partial charge in [0.2, 0.25) is 0 Å². The van der Waals surface area contributed by atoms with E-state index >= 15 is 0 Å². The Labute approximate surface area is 50.8 Å². The van der Waals surface area contributed by atoms with Gasteiger partial charge >= 0.3 is 0 Å². The number of nitrogens with zero attached hydrogens (tertiary/aromatic N) is 1. The van der Waals surface area contributed by atoms with Gasteiger partial charge in [-0.2, -0.15) is 0 Å². The molecule has 2 rings (SSSR count). The van der Waals surface area contributed by atoms with Crippen molar-refractivity contribution >= 4 is 6.21 Å². The first-order chi connectivity index (χ1) is 4.09. The van der Waals surface area contributed by atoms with Gasteiger partial charge in [-0.1, -0.05) is 0 Å². The van der Waals surface area contributed by atoms with Gasteiger partial charge in [0.05, 0.1) is 5.92 Å². The van der Waals surface area contributed by atoms with Crippen molar-refractivity contribution in [2.75, 3.05) is 6.54 Å². The number of hydrogen-bond acceptors (Lipinski definition) is 2. The fraction of sp³-hybridized carbons (Fsp3) is 0.800. The van der Waals surface area contributed by atoms with Gasteiger partial charge in [0.1, 0.15) is 5.54 Å². The zero-order chi connectivity index (χ0) is 6.70. The standard InChI is InChI=1S/C5H6F2N2/c6-5(7)3-1-9-2-4(3,5)8/h2-3H,1,8H2. The molecule has 0 amide bonds. The summed E-state index contributed by atoms with van der Waals surface area (Å²) in [6.45, 7) is 0.198. The van der Waals surface area contributed by atoms with Gasteiger partial charge in [-0.25, -0.2) is 8.78 Å². The van der Waals surface area contributed by atoms with Crippen LogP contribution in [0.5, 0.6) is 0 Å². The molecule has 1 aliphatic heterocycles. The molecule has 1 fully saturated rings. The first-order valence-corrected chi connectivity index (χ1v) is 2.77. The van der Waals surface area contributed by atoms with Crippen molar-refractivity contribution in [3.8, 4) is 0 Å². The Hall–Kier alpha value is -0.510. The van der Waals surface area contributed by atoms with Crippen LogP contribution in [0.2, 0.25) is 0 Å². The number of halogens is 2. The van der Waals surface area contributed by atoms with Crippen LogP contribution >= 0.6 is 0 Å². The van der Waals surface area contributed by atoms with Crippen LogP contribution in [0, 0.1) is 5.92 Å². The van der Waals surface area contributed by atoms with Gasteiger partial charge in [0, 0.05) is 12.8 Å². The molecular weight excluding hydrogens is 126 g/mol. The van der Waals surface area contributed by atoms with Crippen LogP contribution in [-0.2, 0) is 0 Å². The summed E-state index contributed by atoms with van der Waals surface area (Å²) in [6, 6.07) is 0. The third-order valence-electron chi connectivity index (χ3n) is 2.10. The smallest absolute Gasteiger partial charge is 0.278 e. The van der Waals surface area contributed by atoms with E-state index < -0.39 is 17.4 Å². The highest BCUT2D eigenvalue weighted by Crippen LogP contribution is 2.58. The maximum Gasteiger partial charge on any atom is 0.278 e. The highest BCUT2D eigenvalue weighted by atomic mass is 19.3. The summed E-state index contributed by atoms with van der Waals surface area (Å²) in [5.41, 5.74) is 3.86. The molecule has 0 aromatic heterocycles. The minimum absolute atomic E-state index is 0.198. The zero-order valence-electron chi connectivity index (χ0n) is 4.64. The van der Waals surface area contributed by atoms with Crippen molar-refractivity contribution in [2.24, 2.45) is 16.6 Å². The molecule has 9 heavy (non-hydrogen) atoms. The Morgan fingerprint density at radius 3 is 2.56 bits per heavy atom. The van der Waals surface area contributed by atoms with Gasteiger partial charge in [-0.15, -0.1) is 0 Å². The van der Waals surface area contributed by atoms with E-state index in [-0.39, 0.29) is 6.54 Å². The van der Waals surface area contributed by atoms with Crippen molar-refractivity contribution in [1.29, 1.82) is 0 Å². The summed E-state index contributed by atoms with van der Waals surface area (Å²) in [4.78, 5) is 3.65. The van der Waals surface area contributed by atoms with Crippen molar-refractivity contribution in [2.45, 2.75) is 11.5 Å². The largest absolute Gasteiger partial charge is 0.315 e. The first-order valence-electron chi connectivity index (χ1n) is 2.77. The third-order valence-corrected chi connectivity index (χ3v) is 2.10. The van der Waals surface area contributed by atoms with Crippen molar-refractivity contribution in [3.05, 3.63) is 0 Å². The van der Waals surface area contributed by atoms with Gasteiger partial charge in [-0.05, 0) is 0 Å². The lowest BCUT2D eigenvalue weighted by atomic mass is 10.3. The van der Waals surface area contributed by atoms with Gasteiger partial charge in [-0.3, -0.25) is 4.99 Å². The van der Waals surface area contributed by atoms with Crippen LogP contribution in [0.1, 0.15) is 0 Å². The molecule has 50 valence electrons. The SMILES string of the molecule is NC12C=NCC1C2(F)F. The zero-order valence-corrected chi connectivity index (χ0v) is 4.64. The van der Waals surface area contributed by atoms with Gasteiger partial charge < -0.3 is 5.73 Å². The number of fused-ring (bicyclic) bond motifs is 1. The van der Waals surface area contributed by atoms with E-state index in [1.165, 1.54) is 6.21 Å². The van der Waals surface area contributed by atoms with E-state index in [1.807, 2.05) is 0 Å². The Morgan fingerprint density at radius 2 is 2.33 bits per heavy atom. The van der Waals surface area contributed by atoms with Crippen molar-refractivity contribution in [1.82, 2.24) is 0 Å². The van der Waals surface area contributed by atoms with E-state index in [4.69, 9.17) is 5.73 Å². The number of rotatable bonds is 0. The summed E-state index contributed by atoms with van der Waals surface area (Å²) < 4.78 is 24.8. The van der Waals surface area contributed by atoms with E-state index in [2.05, 4.69) is 4.99 Å². The number of alkyl halides is 2. The molecule has 0 bridgehead atoms. The third kappa shape index (κ3) is 0.347. The highest BCUT2D eigenvalue weighted by molar-refractivity contribution is 5.81. The Bertz CT molecular complexity index is 189. The second kappa shape index (κ2) is 1.03. The second-order valence-corrected chi connectivity index (χ2v) is 2.60. The monoisotopic (exact) mass is 132 g/mol. The van der Waals surface area contributed by atoms with Crippen molar-refractivity contribution in [3.63, 3.8) is 0 Å². The van der Waals surface area contributed by atoms with E-state index in [9.17, 15) is 8.78 Å². The first kappa shape index (κ1) is 5.29. The van der Waals surface area contributed by atoms with E-state index in [0.29, 0.717) is 0 Å². The average molecular weight is 132 g/mol. The van der Waals surface area contributed by atoms with E-state index in [0.717, 1.165) is 0 Å². The lowest BCUT2D eigenvalue weighted by Gasteiger charge is -1.98. The molecule has 0 radical (unpaired) electrons. The van der Waals surface area contributed by atoms with Gasteiger partial charge in [0.15, 0.2) is 0 Å². The van der Waals surface area contributed by atoms with Crippen LogP contribution in [-0.4, -0.2) is 24.2 Å². The minimum Gasteiger partial charge on any atom is -0.315 e. The molecule has 0 aromatic carbocycles. The predicted molar refractivity (Wildman–Crippen MR) is 28.7 cm³/mol. The molecule has 1 saturated carbocycles. The molecule has 0 spiro atoms. The summed E-state index contributed by atoms with van der Waals surface area (Å²) in [6.07, 6.45) is 1.18.